The van der Waals surface area contributed by atoms with Gasteiger partial charge in [-0.25, -0.2) is 9.59 Å². The third-order valence-electron chi connectivity index (χ3n) is 3.84. The van der Waals surface area contributed by atoms with E-state index in [1.807, 2.05) is 37.3 Å². The molecular weight excluding hydrogens is 280 g/mol. The summed E-state index contributed by atoms with van der Waals surface area (Å²) in [6, 6.07) is 8.75. The molecule has 1 aliphatic rings. The van der Waals surface area contributed by atoms with Gasteiger partial charge in [0.2, 0.25) is 0 Å². The van der Waals surface area contributed by atoms with Crippen LogP contribution in [0.25, 0.3) is 0 Å². The lowest BCUT2D eigenvalue weighted by Crippen LogP contribution is -2.46. The van der Waals surface area contributed by atoms with E-state index in [9.17, 15) is 9.59 Å². The topological polar surface area (TPSA) is 58.6 Å². The Balaban J connectivity index is 2.34. The van der Waals surface area contributed by atoms with Crippen LogP contribution in [0.5, 0.6) is 0 Å². The highest BCUT2D eigenvalue weighted by Crippen LogP contribution is 2.30. The molecule has 0 saturated heterocycles. The number of carbonyl (C=O) groups excluding carboxylic acids is 2. The van der Waals surface area contributed by atoms with Gasteiger partial charge in [0.15, 0.2) is 0 Å². The maximum atomic E-state index is 12.5. The lowest BCUT2D eigenvalue weighted by Gasteiger charge is -2.33. The lowest BCUT2D eigenvalue weighted by molar-refractivity contribution is -0.139. The number of unbranched alkanes of at least 4 members (excludes halogenated alkanes) is 1. The predicted octanol–water partition coefficient (Wildman–Crippen LogP) is 3.00. The summed E-state index contributed by atoms with van der Waals surface area (Å²) in [4.78, 5) is 25.9. The Hall–Kier alpha value is -2.30. The number of allylic oxidation sites excluding steroid dienone is 1. The summed E-state index contributed by atoms with van der Waals surface area (Å²) in [6.07, 6.45) is 1.79. The van der Waals surface area contributed by atoms with E-state index >= 15 is 0 Å². The Morgan fingerprint density at radius 3 is 2.64 bits per heavy atom. The van der Waals surface area contributed by atoms with Crippen LogP contribution in [0.4, 0.5) is 4.79 Å². The van der Waals surface area contributed by atoms with Gasteiger partial charge in [0.05, 0.1) is 18.2 Å². The van der Waals surface area contributed by atoms with Crippen LogP contribution in [0.2, 0.25) is 0 Å². The average Bonchev–Trinajstić information content (AvgIpc) is 2.53. The Labute approximate surface area is 130 Å². The van der Waals surface area contributed by atoms with E-state index < -0.39 is 6.04 Å². The van der Waals surface area contributed by atoms with E-state index in [4.69, 9.17) is 4.74 Å². The fourth-order valence-electron chi connectivity index (χ4n) is 2.38. The average molecular weight is 302 g/mol. The van der Waals surface area contributed by atoms with Gasteiger partial charge in [-0.15, -0.1) is 0 Å². The lowest BCUT2D eigenvalue weighted by atomic mass is 9.95. The molecule has 1 atom stereocenters. The monoisotopic (exact) mass is 302 g/mol. The maximum Gasteiger partial charge on any atom is 0.338 e. The number of ether oxygens (including phenoxy) is 1. The van der Waals surface area contributed by atoms with Crippen LogP contribution in [-0.4, -0.2) is 30.6 Å². The summed E-state index contributed by atoms with van der Waals surface area (Å²) >= 11 is 0. The van der Waals surface area contributed by atoms with Crippen molar-refractivity contribution in [2.75, 3.05) is 13.7 Å². The minimum atomic E-state index is -0.473. The molecule has 1 heterocycles. The SMILES string of the molecule is CCCCOC(=O)C1=C(C)N(C)C(=O)NC1c1ccccc1. The van der Waals surface area contributed by atoms with E-state index in [0.29, 0.717) is 17.9 Å². The molecule has 2 amide bonds. The molecule has 0 bridgehead atoms. The molecule has 1 aromatic rings. The number of amides is 2. The molecule has 0 aliphatic carbocycles. The number of hydrogen-bond donors (Lipinski definition) is 1. The number of rotatable bonds is 5. The van der Waals surface area contributed by atoms with Crippen molar-refractivity contribution in [2.24, 2.45) is 0 Å². The fourth-order valence-corrected chi connectivity index (χ4v) is 2.38. The van der Waals surface area contributed by atoms with Gasteiger partial charge in [-0.1, -0.05) is 43.7 Å². The third kappa shape index (κ3) is 3.30. The van der Waals surface area contributed by atoms with Crippen molar-refractivity contribution >= 4 is 12.0 Å². The summed E-state index contributed by atoms with van der Waals surface area (Å²) in [5, 5.41) is 2.86. The first-order valence-corrected chi connectivity index (χ1v) is 7.53. The van der Waals surface area contributed by atoms with Crippen molar-refractivity contribution in [3.8, 4) is 0 Å². The largest absolute Gasteiger partial charge is 0.462 e. The number of nitrogens with zero attached hydrogens (tertiary/aromatic N) is 1. The zero-order valence-electron chi connectivity index (χ0n) is 13.3. The highest BCUT2D eigenvalue weighted by molar-refractivity contribution is 5.94. The molecule has 22 heavy (non-hydrogen) atoms. The van der Waals surface area contributed by atoms with E-state index in [-0.39, 0.29) is 12.0 Å². The summed E-state index contributed by atoms with van der Waals surface area (Å²) in [5.41, 5.74) is 1.98. The van der Waals surface area contributed by atoms with Crippen LogP contribution < -0.4 is 5.32 Å². The molecule has 0 spiro atoms. The van der Waals surface area contributed by atoms with Gasteiger partial charge in [-0.05, 0) is 18.9 Å². The number of carbonyl (C=O) groups is 2. The van der Waals surface area contributed by atoms with Gasteiger partial charge >= 0.3 is 12.0 Å². The zero-order chi connectivity index (χ0) is 16.1. The van der Waals surface area contributed by atoms with Gasteiger partial charge in [0.25, 0.3) is 0 Å². The van der Waals surface area contributed by atoms with Crippen molar-refractivity contribution in [3.05, 3.63) is 47.2 Å². The second kappa shape index (κ2) is 7.11. The second-order valence-electron chi connectivity index (χ2n) is 5.34. The molecular formula is C17H22N2O3. The number of urea groups is 1. The minimum absolute atomic E-state index is 0.225. The van der Waals surface area contributed by atoms with Crippen molar-refractivity contribution in [2.45, 2.75) is 32.7 Å². The molecule has 0 aromatic heterocycles. The molecule has 118 valence electrons. The van der Waals surface area contributed by atoms with E-state index in [1.165, 1.54) is 4.90 Å². The van der Waals surface area contributed by atoms with Crippen LogP contribution in [0, 0.1) is 0 Å². The molecule has 1 aliphatic heterocycles. The third-order valence-corrected chi connectivity index (χ3v) is 3.84. The number of hydrogen-bond acceptors (Lipinski definition) is 3. The smallest absolute Gasteiger partial charge is 0.338 e. The quantitative estimate of drug-likeness (QED) is 0.672. The Bertz CT molecular complexity index is 581. The van der Waals surface area contributed by atoms with Gasteiger partial charge in [-0.2, -0.15) is 0 Å². The minimum Gasteiger partial charge on any atom is -0.462 e. The van der Waals surface area contributed by atoms with Crippen LogP contribution in [0.1, 0.15) is 38.3 Å². The van der Waals surface area contributed by atoms with Gasteiger partial charge in [0, 0.05) is 12.7 Å². The zero-order valence-corrected chi connectivity index (χ0v) is 13.3. The van der Waals surface area contributed by atoms with Crippen LogP contribution in [-0.2, 0) is 9.53 Å². The molecule has 1 aromatic carbocycles. The first kappa shape index (κ1) is 16.1. The fraction of sp³-hybridized carbons (Fsp3) is 0.412. The van der Waals surface area contributed by atoms with E-state index in [1.54, 1.807) is 14.0 Å². The Morgan fingerprint density at radius 1 is 1.32 bits per heavy atom. The molecule has 0 fully saturated rings. The van der Waals surface area contributed by atoms with Crippen molar-refractivity contribution < 1.29 is 14.3 Å². The van der Waals surface area contributed by atoms with Crippen LogP contribution >= 0.6 is 0 Å². The second-order valence-corrected chi connectivity index (χ2v) is 5.34. The summed E-state index contributed by atoms with van der Waals surface area (Å²) in [5.74, 6) is -0.369. The summed E-state index contributed by atoms with van der Waals surface area (Å²) in [6.45, 7) is 4.20. The van der Waals surface area contributed by atoms with Crippen molar-refractivity contribution in [1.29, 1.82) is 0 Å². The predicted molar refractivity (Wildman–Crippen MR) is 84.0 cm³/mol. The van der Waals surface area contributed by atoms with Gasteiger partial charge in [0.1, 0.15) is 0 Å². The number of esters is 1. The first-order chi connectivity index (χ1) is 10.6. The van der Waals surface area contributed by atoms with E-state index in [2.05, 4.69) is 5.32 Å². The maximum absolute atomic E-state index is 12.5. The standard InChI is InChI=1S/C17H22N2O3/c1-4-5-11-22-16(20)14-12(2)19(3)17(21)18-15(14)13-9-7-6-8-10-13/h6-10,15H,4-5,11H2,1-3H3,(H,18,21). The molecule has 2 rings (SSSR count). The normalized spacial score (nSPS) is 18.2. The molecule has 1 unspecified atom stereocenters. The number of benzene rings is 1. The van der Waals surface area contributed by atoms with Gasteiger partial charge < -0.3 is 15.0 Å². The molecule has 0 radical (unpaired) electrons. The van der Waals surface area contributed by atoms with E-state index in [0.717, 1.165) is 18.4 Å². The summed E-state index contributed by atoms with van der Waals surface area (Å²) in [7, 11) is 1.64. The molecule has 1 N–H and O–H groups in total. The summed E-state index contributed by atoms with van der Waals surface area (Å²) < 4.78 is 5.35. The highest BCUT2D eigenvalue weighted by atomic mass is 16.5. The highest BCUT2D eigenvalue weighted by Gasteiger charge is 2.34. The van der Waals surface area contributed by atoms with Gasteiger partial charge in [-0.3, -0.25) is 0 Å². The Morgan fingerprint density at radius 2 is 2.00 bits per heavy atom. The van der Waals surface area contributed by atoms with Crippen molar-refractivity contribution in [3.63, 3.8) is 0 Å². The van der Waals surface area contributed by atoms with Crippen LogP contribution in [0.15, 0.2) is 41.6 Å². The molecule has 5 nitrogen and oxygen atoms in total. The Kier molecular flexibility index (Phi) is 5.20. The molecule has 5 heteroatoms. The molecule has 0 saturated carbocycles. The van der Waals surface area contributed by atoms with Crippen LogP contribution in [0.3, 0.4) is 0 Å². The number of nitrogens with one attached hydrogen (secondary N) is 1. The first-order valence-electron chi connectivity index (χ1n) is 7.53. The van der Waals surface area contributed by atoms with Crippen molar-refractivity contribution in [1.82, 2.24) is 10.2 Å².